The van der Waals surface area contributed by atoms with E-state index in [-0.39, 0.29) is 53.1 Å². The molecule has 0 aromatic heterocycles. The average Bonchev–Trinajstić information content (AvgIpc) is 2.86. The van der Waals surface area contributed by atoms with E-state index in [1.807, 2.05) is 0 Å². The molecule has 0 unspecified atom stereocenters. The van der Waals surface area contributed by atoms with Gasteiger partial charge >= 0.3 is 5.97 Å². The molecule has 2 aromatic carbocycles. The second-order valence-corrected chi connectivity index (χ2v) is 5.24. The maximum atomic E-state index is 14.5. The summed E-state index contributed by atoms with van der Waals surface area (Å²) in [6, 6.07) is 6.67. The van der Waals surface area contributed by atoms with Crippen molar-refractivity contribution in [2.75, 3.05) is 0 Å². The lowest BCUT2D eigenvalue weighted by Crippen LogP contribution is -2.21. The molecule has 1 aliphatic heterocycles. The summed E-state index contributed by atoms with van der Waals surface area (Å²) in [6.07, 6.45) is 0. The number of aromatic carboxylic acids is 1. The van der Waals surface area contributed by atoms with E-state index in [0.29, 0.717) is 11.3 Å². The number of nitrogens with one attached hydrogen (secondary N) is 1. The molecule has 0 atom stereocenters. The standard InChI is InChI=1S/C16H13FN4O3.ClH/c17-13-5-10-7(6-20-14(10)22)3-12(13)11-4-8(21-16(18)19)1-2-9(11)15(23)24;/h1-5H,6H2,(H,20,22)(H,23,24)(H4,18,19,21);1H. The third kappa shape index (κ3) is 3.38. The fraction of sp³-hybridized carbons (Fsp3) is 0.0625. The smallest absolute Gasteiger partial charge is 0.336 e. The first-order chi connectivity index (χ1) is 11.4. The number of aliphatic imine (C=N–C) groups is 1. The van der Waals surface area contributed by atoms with Crippen LogP contribution in [0.3, 0.4) is 0 Å². The number of nitrogens with two attached hydrogens (primary N) is 2. The lowest BCUT2D eigenvalue weighted by Gasteiger charge is -2.10. The zero-order valence-corrected chi connectivity index (χ0v) is 13.6. The maximum absolute atomic E-state index is 14.5. The molecule has 0 saturated carbocycles. The molecule has 0 radical (unpaired) electrons. The van der Waals surface area contributed by atoms with E-state index >= 15 is 0 Å². The SMILES string of the molecule is Cl.NC(N)=Nc1ccc(C(=O)O)c(-c2cc3c(cc2F)C(=O)NC3)c1. The third-order valence-electron chi connectivity index (χ3n) is 3.66. The van der Waals surface area contributed by atoms with E-state index in [2.05, 4.69) is 10.3 Å². The van der Waals surface area contributed by atoms with E-state index < -0.39 is 11.8 Å². The lowest BCUT2D eigenvalue weighted by molar-refractivity contribution is 0.0697. The highest BCUT2D eigenvalue weighted by atomic mass is 35.5. The van der Waals surface area contributed by atoms with Crippen LogP contribution in [-0.2, 0) is 6.54 Å². The van der Waals surface area contributed by atoms with Gasteiger partial charge in [-0.25, -0.2) is 14.2 Å². The fourth-order valence-electron chi connectivity index (χ4n) is 2.61. The van der Waals surface area contributed by atoms with Gasteiger partial charge in [0.2, 0.25) is 0 Å². The highest BCUT2D eigenvalue weighted by Crippen LogP contribution is 2.33. The fourth-order valence-corrected chi connectivity index (χ4v) is 2.61. The molecule has 0 bridgehead atoms. The molecule has 130 valence electrons. The van der Waals surface area contributed by atoms with Crippen molar-refractivity contribution in [1.29, 1.82) is 0 Å². The van der Waals surface area contributed by atoms with Crippen molar-refractivity contribution in [2.24, 2.45) is 16.5 Å². The summed E-state index contributed by atoms with van der Waals surface area (Å²) in [4.78, 5) is 26.9. The minimum absolute atomic E-state index is 0. The summed E-state index contributed by atoms with van der Waals surface area (Å²) in [5.41, 5.74) is 11.9. The molecule has 1 amide bonds. The molecule has 6 N–H and O–H groups in total. The summed E-state index contributed by atoms with van der Waals surface area (Å²) < 4.78 is 14.5. The molecular weight excluding hydrogens is 351 g/mol. The Bertz CT molecular complexity index is 910. The van der Waals surface area contributed by atoms with Crippen LogP contribution < -0.4 is 16.8 Å². The summed E-state index contributed by atoms with van der Waals surface area (Å²) in [7, 11) is 0. The largest absolute Gasteiger partial charge is 0.478 e. The quantitative estimate of drug-likeness (QED) is 0.487. The van der Waals surface area contributed by atoms with Crippen molar-refractivity contribution in [3.05, 3.63) is 52.8 Å². The minimum atomic E-state index is -1.21. The van der Waals surface area contributed by atoms with E-state index in [9.17, 15) is 19.1 Å². The van der Waals surface area contributed by atoms with Gasteiger partial charge in [-0.15, -0.1) is 12.4 Å². The van der Waals surface area contributed by atoms with Gasteiger partial charge in [-0.05, 0) is 35.9 Å². The van der Waals surface area contributed by atoms with Gasteiger partial charge in [-0.1, -0.05) is 0 Å². The first-order valence-corrected chi connectivity index (χ1v) is 6.95. The summed E-state index contributed by atoms with van der Waals surface area (Å²) >= 11 is 0. The third-order valence-corrected chi connectivity index (χ3v) is 3.66. The number of benzene rings is 2. The summed E-state index contributed by atoms with van der Waals surface area (Å²) in [6.45, 7) is 0.261. The second kappa shape index (κ2) is 6.78. The molecule has 25 heavy (non-hydrogen) atoms. The number of hydrogen-bond donors (Lipinski definition) is 4. The van der Waals surface area contributed by atoms with Crippen molar-refractivity contribution >= 4 is 35.9 Å². The number of fused-ring (bicyclic) bond motifs is 1. The number of carbonyl (C=O) groups excluding carboxylic acids is 1. The van der Waals surface area contributed by atoms with Crippen LogP contribution in [0, 0.1) is 5.82 Å². The molecule has 0 spiro atoms. The number of carboxylic acids is 1. The Hall–Kier alpha value is -3.13. The maximum Gasteiger partial charge on any atom is 0.336 e. The van der Waals surface area contributed by atoms with Gasteiger partial charge in [0, 0.05) is 23.2 Å². The number of hydrogen-bond acceptors (Lipinski definition) is 3. The van der Waals surface area contributed by atoms with Crippen LogP contribution in [0.5, 0.6) is 0 Å². The van der Waals surface area contributed by atoms with Gasteiger partial charge in [0.25, 0.3) is 5.91 Å². The van der Waals surface area contributed by atoms with Gasteiger partial charge < -0.3 is 21.9 Å². The number of carboxylic acid groups (broad SMARTS) is 1. The molecule has 0 aliphatic carbocycles. The molecule has 9 heteroatoms. The molecule has 1 aliphatic rings. The Kier molecular flexibility index (Phi) is 4.94. The van der Waals surface area contributed by atoms with Crippen LogP contribution in [0.2, 0.25) is 0 Å². The average molecular weight is 365 g/mol. The van der Waals surface area contributed by atoms with Gasteiger partial charge in [0.05, 0.1) is 11.3 Å². The first-order valence-electron chi connectivity index (χ1n) is 6.95. The highest BCUT2D eigenvalue weighted by Gasteiger charge is 2.23. The van der Waals surface area contributed by atoms with E-state index in [4.69, 9.17) is 11.5 Å². The van der Waals surface area contributed by atoms with Gasteiger partial charge in [0.1, 0.15) is 5.82 Å². The van der Waals surface area contributed by atoms with Crippen LogP contribution in [0.1, 0.15) is 26.3 Å². The molecular formula is C16H14ClFN4O3. The first kappa shape index (κ1) is 18.2. The molecule has 2 aromatic rings. The minimum Gasteiger partial charge on any atom is -0.478 e. The van der Waals surface area contributed by atoms with Crippen molar-refractivity contribution < 1.29 is 19.1 Å². The van der Waals surface area contributed by atoms with Crippen LogP contribution in [0.15, 0.2) is 35.3 Å². The van der Waals surface area contributed by atoms with Crippen LogP contribution in [0.4, 0.5) is 10.1 Å². The Labute approximate surface area is 148 Å². The number of carbonyl (C=O) groups is 2. The van der Waals surface area contributed by atoms with Crippen molar-refractivity contribution in [1.82, 2.24) is 5.32 Å². The normalized spacial score (nSPS) is 12.0. The Balaban J connectivity index is 0.00000225. The van der Waals surface area contributed by atoms with Crippen molar-refractivity contribution in [2.45, 2.75) is 6.54 Å². The molecule has 7 nitrogen and oxygen atoms in total. The predicted molar refractivity (Wildman–Crippen MR) is 92.7 cm³/mol. The van der Waals surface area contributed by atoms with Crippen LogP contribution >= 0.6 is 12.4 Å². The zero-order valence-electron chi connectivity index (χ0n) is 12.7. The Morgan fingerprint density at radius 3 is 2.52 bits per heavy atom. The Morgan fingerprint density at radius 2 is 1.88 bits per heavy atom. The molecule has 0 saturated heterocycles. The zero-order chi connectivity index (χ0) is 17.4. The monoisotopic (exact) mass is 364 g/mol. The summed E-state index contributed by atoms with van der Waals surface area (Å²) in [5.74, 6) is -2.47. The van der Waals surface area contributed by atoms with Crippen LogP contribution in [-0.4, -0.2) is 22.9 Å². The van der Waals surface area contributed by atoms with Crippen molar-refractivity contribution in [3.8, 4) is 11.1 Å². The second-order valence-electron chi connectivity index (χ2n) is 5.24. The van der Waals surface area contributed by atoms with E-state index in [0.717, 1.165) is 6.07 Å². The van der Waals surface area contributed by atoms with E-state index in [1.54, 1.807) is 0 Å². The van der Waals surface area contributed by atoms with Crippen molar-refractivity contribution in [3.63, 3.8) is 0 Å². The number of nitrogens with zero attached hydrogens (tertiary/aromatic N) is 1. The number of amides is 1. The lowest BCUT2D eigenvalue weighted by atomic mass is 9.95. The summed E-state index contributed by atoms with van der Waals surface area (Å²) in [5, 5.41) is 11.9. The molecule has 3 rings (SSSR count). The highest BCUT2D eigenvalue weighted by molar-refractivity contribution is 6.01. The predicted octanol–water partition coefficient (Wildman–Crippen LogP) is 1.76. The van der Waals surface area contributed by atoms with E-state index in [1.165, 1.54) is 24.3 Å². The molecule has 0 fully saturated rings. The van der Waals surface area contributed by atoms with Crippen LogP contribution in [0.25, 0.3) is 11.1 Å². The number of halogens is 2. The van der Waals surface area contributed by atoms with Gasteiger partial charge in [-0.3, -0.25) is 4.79 Å². The van der Waals surface area contributed by atoms with Gasteiger partial charge in [-0.2, -0.15) is 0 Å². The number of rotatable bonds is 3. The number of guanidine groups is 1. The van der Waals surface area contributed by atoms with Gasteiger partial charge in [0.15, 0.2) is 5.96 Å². The Morgan fingerprint density at radius 1 is 1.16 bits per heavy atom. The topological polar surface area (TPSA) is 131 Å². The molecule has 1 heterocycles.